The van der Waals surface area contributed by atoms with Crippen LogP contribution in [0.2, 0.25) is 0 Å². The first-order valence-electron chi connectivity index (χ1n) is 4.88. The van der Waals surface area contributed by atoms with Crippen LogP contribution in [0, 0.1) is 11.3 Å². The van der Waals surface area contributed by atoms with Gasteiger partial charge in [-0.3, -0.25) is 4.98 Å². The SMILES string of the molecule is N#CC1(c2cc(Br)ccn2)CCOCC1. The van der Waals surface area contributed by atoms with Gasteiger partial charge in [0.15, 0.2) is 0 Å². The number of nitriles is 1. The standard InChI is InChI=1S/C11H11BrN2O/c12-9-1-4-14-10(7-9)11(8-13)2-5-15-6-3-11/h1,4,7H,2-3,5-6H2. The Morgan fingerprint density at radius 2 is 2.20 bits per heavy atom. The molecule has 1 aliphatic heterocycles. The molecule has 2 heterocycles. The van der Waals surface area contributed by atoms with Gasteiger partial charge in [-0.05, 0) is 25.0 Å². The molecule has 0 bridgehead atoms. The lowest BCUT2D eigenvalue weighted by Crippen LogP contribution is -2.33. The third-order valence-electron chi connectivity index (χ3n) is 2.77. The van der Waals surface area contributed by atoms with Crippen molar-refractivity contribution in [3.63, 3.8) is 0 Å². The minimum absolute atomic E-state index is 0.456. The summed E-state index contributed by atoms with van der Waals surface area (Å²) in [6.45, 7) is 1.28. The van der Waals surface area contributed by atoms with E-state index in [0.717, 1.165) is 23.0 Å². The van der Waals surface area contributed by atoms with Crippen LogP contribution in [-0.2, 0) is 10.2 Å². The number of halogens is 1. The van der Waals surface area contributed by atoms with Crippen LogP contribution in [-0.4, -0.2) is 18.2 Å². The zero-order valence-electron chi connectivity index (χ0n) is 8.24. The van der Waals surface area contributed by atoms with Gasteiger partial charge in [0.2, 0.25) is 0 Å². The van der Waals surface area contributed by atoms with Crippen molar-refractivity contribution < 1.29 is 4.74 Å². The number of pyridine rings is 1. The lowest BCUT2D eigenvalue weighted by atomic mass is 9.78. The Labute approximate surface area is 97.2 Å². The molecule has 1 fully saturated rings. The summed E-state index contributed by atoms with van der Waals surface area (Å²) in [6, 6.07) is 6.19. The predicted octanol–water partition coefficient (Wildman–Crippen LogP) is 2.42. The molecule has 0 amide bonds. The molecule has 1 aromatic heterocycles. The monoisotopic (exact) mass is 266 g/mol. The van der Waals surface area contributed by atoms with Gasteiger partial charge in [-0.1, -0.05) is 15.9 Å². The topological polar surface area (TPSA) is 45.9 Å². The van der Waals surface area contributed by atoms with Gasteiger partial charge < -0.3 is 4.74 Å². The summed E-state index contributed by atoms with van der Waals surface area (Å²) in [7, 11) is 0. The molecule has 3 nitrogen and oxygen atoms in total. The molecule has 1 saturated heterocycles. The van der Waals surface area contributed by atoms with Gasteiger partial charge in [-0.15, -0.1) is 0 Å². The van der Waals surface area contributed by atoms with Gasteiger partial charge in [-0.25, -0.2) is 0 Å². The average Bonchev–Trinajstić information content (AvgIpc) is 2.30. The van der Waals surface area contributed by atoms with E-state index in [9.17, 15) is 5.26 Å². The van der Waals surface area contributed by atoms with E-state index in [-0.39, 0.29) is 0 Å². The summed E-state index contributed by atoms with van der Waals surface area (Å²) >= 11 is 3.40. The number of rotatable bonds is 1. The van der Waals surface area contributed by atoms with Crippen LogP contribution >= 0.6 is 15.9 Å². The van der Waals surface area contributed by atoms with E-state index in [1.54, 1.807) is 6.20 Å². The maximum atomic E-state index is 9.32. The second-order valence-electron chi connectivity index (χ2n) is 3.67. The lowest BCUT2D eigenvalue weighted by molar-refractivity contribution is 0.0663. The second kappa shape index (κ2) is 4.30. The molecule has 2 rings (SSSR count). The molecule has 4 heteroatoms. The lowest BCUT2D eigenvalue weighted by Gasteiger charge is -2.30. The molecule has 0 spiro atoms. The van der Waals surface area contributed by atoms with Gasteiger partial charge in [0.1, 0.15) is 5.41 Å². The van der Waals surface area contributed by atoms with E-state index in [1.807, 2.05) is 12.1 Å². The Bertz CT molecular complexity index is 394. The summed E-state index contributed by atoms with van der Waals surface area (Å²) in [5.41, 5.74) is 0.393. The van der Waals surface area contributed by atoms with E-state index in [2.05, 4.69) is 27.0 Å². The summed E-state index contributed by atoms with van der Waals surface area (Å²) in [5.74, 6) is 0. The van der Waals surface area contributed by atoms with Crippen LogP contribution in [0.5, 0.6) is 0 Å². The molecule has 0 aliphatic carbocycles. The number of hydrogen-bond donors (Lipinski definition) is 0. The Hall–Kier alpha value is -0.920. The molecular formula is C11H11BrN2O. The number of ether oxygens (including phenoxy) is 1. The highest BCUT2D eigenvalue weighted by Gasteiger charge is 2.35. The van der Waals surface area contributed by atoms with E-state index in [0.29, 0.717) is 13.2 Å². The van der Waals surface area contributed by atoms with Gasteiger partial charge in [0.25, 0.3) is 0 Å². The first-order valence-corrected chi connectivity index (χ1v) is 5.67. The molecule has 1 aliphatic rings. The minimum atomic E-state index is -0.456. The van der Waals surface area contributed by atoms with Crippen molar-refractivity contribution >= 4 is 15.9 Å². The summed E-state index contributed by atoms with van der Waals surface area (Å²) in [5, 5.41) is 9.32. The van der Waals surface area contributed by atoms with Crippen molar-refractivity contribution in [3.05, 3.63) is 28.5 Å². The van der Waals surface area contributed by atoms with Crippen LogP contribution in [0.25, 0.3) is 0 Å². The summed E-state index contributed by atoms with van der Waals surface area (Å²) in [4.78, 5) is 4.30. The zero-order chi connectivity index (χ0) is 10.7. The summed E-state index contributed by atoms with van der Waals surface area (Å²) < 4.78 is 6.25. The second-order valence-corrected chi connectivity index (χ2v) is 4.58. The maximum absolute atomic E-state index is 9.32. The van der Waals surface area contributed by atoms with Crippen LogP contribution in [0.4, 0.5) is 0 Å². The molecule has 0 saturated carbocycles. The molecule has 0 aromatic carbocycles. The van der Waals surface area contributed by atoms with Gasteiger partial charge in [0, 0.05) is 23.9 Å². The highest BCUT2D eigenvalue weighted by molar-refractivity contribution is 9.10. The van der Waals surface area contributed by atoms with E-state index in [4.69, 9.17) is 4.74 Å². The Morgan fingerprint density at radius 1 is 1.47 bits per heavy atom. The van der Waals surface area contributed by atoms with E-state index in [1.165, 1.54) is 0 Å². The smallest absolute Gasteiger partial charge is 0.104 e. The highest BCUT2D eigenvalue weighted by Crippen LogP contribution is 2.33. The fourth-order valence-electron chi connectivity index (χ4n) is 1.81. The third-order valence-corrected chi connectivity index (χ3v) is 3.27. The largest absolute Gasteiger partial charge is 0.381 e. The van der Waals surface area contributed by atoms with Crippen molar-refractivity contribution in [1.29, 1.82) is 5.26 Å². The van der Waals surface area contributed by atoms with Gasteiger partial charge in [0.05, 0.1) is 11.8 Å². The predicted molar refractivity (Wildman–Crippen MR) is 59.3 cm³/mol. The van der Waals surface area contributed by atoms with E-state index >= 15 is 0 Å². The third kappa shape index (κ3) is 2.04. The minimum Gasteiger partial charge on any atom is -0.381 e. The van der Waals surface area contributed by atoms with Crippen LogP contribution < -0.4 is 0 Å². The molecule has 15 heavy (non-hydrogen) atoms. The van der Waals surface area contributed by atoms with Gasteiger partial charge in [-0.2, -0.15) is 5.26 Å². The van der Waals surface area contributed by atoms with Crippen molar-refractivity contribution in [2.24, 2.45) is 0 Å². The number of nitrogens with zero attached hydrogens (tertiary/aromatic N) is 2. The molecule has 0 atom stereocenters. The quantitative estimate of drug-likeness (QED) is 0.785. The van der Waals surface area contributed by atoms with Crippen molar-refractivity contribution in [2.75, 3.05) is 13.2 Å². The molecule has 0 unspecified atom stereocenters. The van der Waals surface area contributed by atoms with Crippen LogP contribution in [0.1, 0.15) is 18.5 Å². The van der Waals surface area contributed by atoms with Crippen molar-refractivity contribution in [3.8, 4) is 6.07 Å². The Balaban J connectivity index is 2.37. The maximum Gasteiger partial charge on any atom is 0.104 e. The normalized spacial score (nSPS) is 19.5. The Morgan fingerprint density at radius 3 is 2.80 bits per heavy atom. The van der Waals surface area contributed by atoms with Crippen LogP contribution in [0.3, 0.4) is 0 Å². The summed E-state index contributed by atoms with van der Waals surface area (Å²) in [6.07, 6.45) is 3.19. The average molecular weight is 267 g/mol. The highest BCUT2D eigenvalue weighted by atomic mass is 79.9. The number of hydrogen-bond acceptors (Lipinski definition) is 3. The fraction of sp³-hybridized carbons (Fsp3) is 0.455. The molecule has 1 aromatic rings. The first kappa shape index (κ1) is 10.6. The fourth-order valence-corrected chi connectivity index (χ4v) is 2.15. The Kier molecular flexibility index (Phi) is 3.03. The first-order chi connectivity index (χ1) is 7.27. The molecule has 78 valence electrons. The molecule has 0 N–H and O–H groups in total. The molecular weight excluding hydrogens is 256 g/mol. The van der Waals surface area contributed by atoms with Gasteiger partial charge >= 0.3 is 0 Å². The van der Waals surface area contributed by atoms with Crippen molar-refractivity contribution in [2.45, 2.75) is 18.3 Å². The zero-order valence-corrected chi connectivity index (χ0v) is 9.83. The molecule has 0 radical (unpaired) electrons. The number of aromatic nitrogens is 1. The van der Waals surface area contributed by atoms with Crippen LogP contribution in [0.15, 0.2) is 22.8 Å². The van der Waals surface area contributed by atoms with Crippen molar-refractivity contribution in [1.82, 2.24) is 4.98 Å². The van der Waals surface area contributed by atoms with E-state index < -0.39 is 5.41 Å².